The van der Waals surface area contributed by atoms with Crippen LogP contribution >= 0.6 is 0 Å². The van der Waals surface area contributed by atoms with Crippen LogP contribution in [-0.2, 0) is 11.2 Å². The third kappa shape index (κ3) is 4.48. The molecular formula is C20H29N3O3. The molecule has 0 aliphatic carbocycles. The Kier molecular flexibility index (Phi) is 5.39. The number of amides is 3. The highest BCUT2D eigenvalue weighted by Gasteiger charge is 2.28. The molecule has 0 unspecified atom stereocenters. The van der Waals surface area contributed by atoms with Crippen molar-refractivity contribution in [2.75, 3.05) is 31.1 Å². The number of piperidine rings is 1. The molecule has 2 aliphatic rings. The van der Waals surface area contributed by atoms with Gasteiger partial charge in [-0.05, 0) is 57.6 Å². The highest BCUT2D eigenvalue weighted by molar-refractivity contribution is 5.94. The molecule has 6 nitrogen and oxygen atoms in total. The van der Waals surface area contributed by atoms with E-state index in [9.17, 15) is 9.59 Å². The van der Waals surface area contributed by atoms with Crippen LogP contribution < -0.4 is 10.2 Å². The molecule has 6 heteroatoms. The maximum absolute atomic E-state index is 12.5. The second kappa shape index (κ2) is 7.56. The zero-order chi connectivity index (χ0) is 18.7. The number of rotatable bonds is 2. The molecule has 1 aromatic rings. The van der Waals surface area contributed by atoms with Crippen LogP contribution in [0.2, 0.25) is 0 Å². The number of carbonyl (C=O) groups excluding carboxylic acids is 2. The lowest BCUT2D eigenvalue weighted by Gasteiger charge is -2.33. The Morgan fingerprint density at radius 2 is 1.85 bits per heavy atom. The number of ether oxygens (including phenoxy) is 1. The van der Waals surface area contributed by atoms with Crippen LogP contribution in [0.3, 0.4) is 0 Å². The van der Waals surface area contributed by atoms with E-state index in [1.54, 1.807) is 4.90 Å². The molecule has 1 aromatic carbocycles. The summed E-state index contributed by atoms with van der Waals surface area (Å²) >= 11 is 0. The largest absolute Gasteiger partial charge is 0.444 e. The van der Waals surface area contributed by atoms with E-state index in [-0.39, 0.29) is 12.1 Å². The maximum atomic E-state index is 12.5. The normalized spacial score (nSPS) is 17.8. The Morgan fingerprint density at radius 1 is 1.15 bits per heavy atom. The number of anilines is 1. The molecule has 2 aliphatic heterocycles. The van der Waals surface area contributed by atoms with E-state index in [0.717, 1.165) is 31.5 Å². The van der Waals surface area contributed by atoms with Gasteiger partial charge in [0.2, 0.25) is 0 Å². The van der Waals surface area contributed by atoms with Crippen molar-refractivity contribution in [1.82, 2.24) is 10.2 Å². The van der Waals surface area contributed by atoms with Crippen LogP contribution in [-0.4, -0.2) is 48.8 Å². The van der Waals surface area contributed by atoms with Crippen molar-refractivity contribution in [2.24, 2.45) is 5.92 Å². The number of nitrogens with zero attached hydrogens (tertiary/aromatic N) is 2. The molecule has 0 aromatic heterocycles. The molecule has 0 atom stereocenters. The SMILES string of the molecule is CC(C)(C)OC(=O)N1CCC(CNC(=O)N2CCc3ccccc32)CC1. The fourth-order valence-corrected chi connectivity index (χ4v) is 3.52. The minimum Gasteiger partial charge on any atom is -0.444 e. The summed E-state index contributed by atoms with van der Waals surface area (Å²) in [7, 11) is 0. The van der Waals surface area contributed by atoms with E-state index in [1.165, 1.54) is 5.56 Å². The lowest BCUT2D eigenvalue weighted by atomic mass is 9.97. The summed E-state index contributed by atoms with van der Waals surface area (Å²) in [6.07, 6.45) is 2.44. The number of fused-ring (bicyclic) bond motifs is 1. The number of benzene rings is 1. The van der Waals surface area contributed by atoms with Crippen molar-refractivity contribution in [3.63, 3.8) is 0 Å². The highest BCUT2D eigenvalue weighted by atomic mass is 16.6. The van der Waals surface area contributed by atoms with E-state index in [2.05, 4.69) is 11.4 Å². The van der Waals surface area contributed by atoms with E-state index < -0.39 is 5.60 Å². The van der Waals surface area contributed by atoms with Gasteiger partial charge in [-0.25, -0.2) is 9.59 Å². The summed E-state index contributed by atoms with van der Waals surface area (Å²) in [5.74, 6) is 0.399. The average Bonchev–Trinajstić information content (AvgIpc) is 3.03. The van der Waals surface area contributed by atoms with E-state index in [1.807, 2.05) is 43.9 Å². The lowest BCUT2D eigenvalue weighted by molar-refractivity contribution is 0.0184. The standard InChI is InChI=1S/C20H29N3O3/c1-20(2,3)26-19(25)22-11-8-15(9-12-22)14-21-18(24)23-13-10-16-6-4-5-7-17(16)23/h4-7,15H,8-14H2,1-3H3,(H,21,24). The topological polar surface area (TPSA) is 61.9 Å². The predicted molar refractivity (Wildman–Crippen MR) is 101 cm³/mol. The van der Waals surface area contributed by atoms with Crippen LogP contribution in [0.15, 0.2) is 24.3 Å². The molecule has 26 heavy (non-hydrogen) atoms. The van der Waals surface area contributed by atoms with Gasteiger partial charge in [0.25, 0.3) is 0 Å². The minimum absolute atomic E-state index is 0.0236. The third-order valence-electron chi connectivity index (χ3n) is 4.94. The van der Waals surface area contributed by atoms with Gasteiger partial charge in [0.05, 0.1) is 0 Å². The zero-order valence-corrected chi connectivity index (χ0v) is 16.0. The zero-order valence-electron chi connectivity index (χ0n) is 16.0. The van der Waals surface area contributed by atoms with E-state index >= 15 is 0 Å². The van der Waals surface area contributed by atoms with Crippen molar-refractivity contribution in [1.29, 1.82) is 0 Å². The maximum Gasteiger partial charge on any atom is 0.410 e. The first-order chi connectivity index (χ1) is 12.3. The average molecular weight is 359 g/mol. The Morgan fingerprint density at radius 3 is 2.54 bits per heavy atom. The number of nitrogens with one attached hydrogen (secondary N) is 1. The number of para-hydroxylation sites is 1. The molecule has 3 rings (SSSR count). The van der Waals surface area contributed by atoms with Crippen LogP contribution in [0.5, 0.6) is 0 Å². The first-order valence-corrected chi connectivity index (χ1v) is 9.45. The molecule has 1 saturated heterocycles. The van der Waals surface area contributed by atoms with E-state index in [0.29, 0.717) is 25.6 Å². The van der Waals surface area contributed by atoms with Crippen molar-refractivity contribution < 1.29 is 14.3 Å². The highest BCUT2D eigenvalue weighted by Crippen LogP contribution is 2.27. The van der Waals surface area contributed by atoms with E-state index in [4.69, 9.17) is 4.74 Å². The summed E-state index contributed by atoms with van der Waals surface area (Å²) in [4.78, 5) is 28.2. The fraction of sp³-hybridized carbons (Fsp3) is 0.600. The van der Waals surface area contributed by atoms with Crippen molar-refractivity contribution in [3.8, 4) is 0 Å². The van der Waals surface area contributed by atoms with Gasteiger partial charge in [-0.2, -0.15) is 0 Å². The number of likely N-dealkylation sites (tertiary alicyclic amines) is 1. The first-order valence-electron chi connectivity index (χ1n) is 9.45. The summed E-state index contributed by atoms with van der Waals surface area (Å²) < 4.78 is 5.42. The molecule has 1 N–H and O–H groups in total. The molecule has 1 fully saturated rings. The Hall–Kier alpha value is -2.24. The monoisotopic (exact) mass is 359 g/mol. The predicted octanol–water partition coefficient (Wildman–Crippen LogP) is 3.41. The lowest BCUT2D eigenvalue weighted by Crippen LogP contribution is -2.45. The Labute approximate surface area is 155 Å². The summed E-state index contributed by atoms with van der Waals surface area (Å²) in [5, 5.41) is 3.07. The first kappa shape index (κ1) is 18.5. The van der Waals surface area contributed by atoms with Crippen LogP contribution in [0, 0.1) is 5.92 Å². The van der Waals surface area contributed by atoms with Gasteiger partial charge in [-0.15, -0.1) is 0 Å². The van der Waals surface area contributed by atoms with Gasteiger partial charge in [-0.1, -0.05) is 18.2 Å². The van der Waals surface area contributed by atoms with Crippen molar-refractivity contribution in [2.45, 2.75) is 45.6 Å². The summed E-state index contributed by atoms with van der Waals surface area (Å²) in [5.41, 5.74) is 1.78. The number of hydrogen-bond donors (Lipinski definition) is 1. The van der Waals surface area contributed by atoms with Gasteiger partial charge < -0.3 is 15.0 Å². The van der Waals surface area contributed by atoms with Gasteiger partial charge in [0.1, 0.15) is 5.60 Å². The van der Waals surface area contributed by atoms with Crippen molar-refractivity contribution >= 4 is 17.8 Å². The third-order valence-corrected chi connectivity index (χ3v) is 4.94. The summed E-state index contributed by atoms with van der Waals surface area (Å²) in [6.45, 7) is 8.39. The molecule has 142 valence electrons. The molecule has 0 saturated carbocycles. The van der Waals surface area contributed by atoms with Crippen LogP contribution in [0.1, 0.15) is 39.2 Å². The number of hydrogen-bond acceptors (Lipinski definition) is 3. The van der Waals surface area contributed by atoms with Crippen molar-refractivity contribution in [3.05, 3.63) is 29.8 Å². The Balaban J connectivity index is 1.43. The van der Waals surface area contributed by atoms with Gasteiger partial charge >= 0.3 is 12.1 Å². The van der Waals surface area contributed by atoms with Crippen LogP contribution in [0.25, 0.3) is 0 Å². The summed E-state index contributed by atoms with van der Waals surface area (Å²) in [6, 6.07) is 8.04. The molecule has 2 heterocycles. The van der Waals surface area contributed by atoms with Crippen LogP contribution in [0.4, 0.5) is 15.3 Å². The fourth-order valence-electron chi connectivity index (χ4n) is 3.52. The number of carbonyl (C=O) groups is 2. The second-order valence-electron chi connectivity index (χ2n) is 8.13. The molecule has 0 radical (unpaired) electrons. The number of urea groups is 1. The molecular weight excluding hydrogens is 330 g/mol. The smallest absolute Gasteiger partial charge is 0.410 e. The van der Waals surface area contributed by atoms with Gasteiger partial charge in [-0.3, -0.25) is 4.90 Å². The quantitative estimate of drug-likeness (QED) is 0.880. The minimum atomic E-state index is -0.464. The second-order valence-corrected chi connectivity index (χ2v) is 8.13. The van der Waals surface area contributed by atoms with Gasteiger partial charge in [0.15, 0.2) is 0 Å². The molecule has 0 bridgehead atoms. The van der Waals surface area contributed by atoms with Gasteiger partial charge in [0, 0.05) is 31.9 Å². The molecule has 3 amide bonds. The Bertz CT molecular complexity index is 661. The molecule has 0 spiro atoms.